The second-order valence-electron chi connectivity index (χ2n) is 22.7. The molecule has 6 aromatic rings. The number of carbonyl (C=O) groups excluding carboxylic acids is 2. The van der Waals surface area contributed by atoms with Gasteiger partial charge in [-0.3, -0.25) is 38.5 Å². The van der Waals surface area contributed by atoms with Gasteiger partial charge in [-0.05, 0) is 93.0 Å². The summed E-state index contributed by atoms with van der Waals surface area (Å²) in [5.74, 6) is -15.3. The topological polar surface area (TPSA) is 270 Å². The number of hydrogen-bond acceptors (Lipinski definition) is 12. The number of carboxylic acid groups (broad SMARTS) is 1. The summed E-state index contributed by atoms with van der Waals surface area (Å²) in [5, 5.41) is 18.1. The SMILES string of the molecule is Cc1cc(CC(=O)O)cc(OP(=O)(O)O)c1C(C)(C)CC(=O)N(c1nn(CC(F)(F)F)c2c(-c3ccc(CCC(C)(C)S(C)(=O)=O)nc3[C@H](Cc3cc(F)cc(F)c3)NC(=O)Cn3nc(C(F)(F)F)c4c3C(F)(F)[C@H](C)[C@@H]4C)ccc(Cl)c12)S(C)(=O)=O. The number of amides is 2. The quantitative estimate of drug-likeness (QED) is 0.0385. The lowest BCUT2D eigenvalue weighted by Gasteiger charge is -2.31. The van der Waals surface area contributed by atoms with Crippen LogP contribution in [0.2, 0.25) is 5.02 Å². The van der Waals surface area contributed by atoms with Crippen molar-refractivity contribution in [3.63, 3.8) is 0 Å². The van der Waals surface area contributed by atoms with Gasteiger partial charge < -0.3 is 14.9 Å². The molecule has 4 N–H and O–H groups in total. The highest BCUT2D eigenvalue weighted by atomic mass is 35.5. The van der Waals surface area contributed by atoms with E-state index in [1.165, 1.54) is 52.8 Å². The second-order valence-corrected chi connectivity index (χ2v) is 28.7. The molecule has 0 saturated carbocycles. The highest BCUT2D eigenvalue weighted by Gasteiger charge is 2.58. The van der Waals surface area contributed by atoms with E-state index in [1.807, 2.05) is 0 Å². The van der Waals surface area contributed by atoms with Crippen LogP contribution in [0.15, 0.2) is 54.6 Å². The third-order valence-corrected chi connectivity index (χ3v) is 19.0. The Hall–Kier alpha value is -6.66. The number of fused-ring (bicyclic) bond motifs is 2. The van der Waals surface area contributed by atoms with Gasteiger partial charge in [0.2, 0.25) is 21.8 Å². The van der Waals surface area contributed by atoms with E-state index in [2.05, 4.69) is 15.5 Å². The number of nitrogens with one attached hydrogen (secondary N) is 1. The summed E-state index contributed by atoms with van der Waals surface area (Å²) < 4.78 is 220. The van der Waals surface area contributed by atoms with Crippen molar-refractivity contribution >= 4 is 73.8 Å². The number of sulfonamides is 1. The van der Waals surface area contributed by atoms with Gasteiger partial charge in [0.05, 0.1) is 45.1 Å². The summed E-state index contributed by atoms with van der Waals surface area (Å²) >= 11 is 6.80. The van der Waals surface area contributed by atoms with Crippen LogP contribution in [0.3, 0.4) is 0 Å². The number of rotatable bonds is 21. The molecule has 7 rings (SSSR count). The van der Waals surface area contributed by atoms with E-state index in [0.717, 1.165) is 50.4 Å². The van der Waals surface area contributed by atoms with Gasteiger partial charge in [-0.2, -0.15) is 49.6 Å². The minimum absolute atomic E-state index is 0.00949. The molecule has 3 aromatic heterocycles. The van der Waals surface area contributed by atoms with Crippen molar-refractivity contribution in [3.05, 3.63) is 122 Å². The van der Waals surface area contributed by atoms with Crippen molar-refractivity contribution in [2.45, 2.75) is 134 Å². The monoisotopic (exact) mass is 1320 g/mol. The normalized spacial score (nSPS) is 16.3. The Morgan fingerprint density at radius 2 is 1.49 bits per heavy atom. The zero-order valence-corrected chi connectivity index (χ0v) is 50.8. The number of carbonyl (C=O) groups is 3. The number of nitrogens with zero attached hydrogens (tertiary/aromatic N) is 6. The van der Waals surface area contributed by atoms with Crippen LogP contribution in [0, 0.1) is 24.5 Å². The number of carboxylic acids is 1. The van der Waals surface area contributed by atoms with Crippen LogP contribution >= 0.6 is 19.4 Å². The molecule has 474 valence electrons. The van der Waals surface area contributed by atoms with Gasteiger partial charge in [-0.1, -0.05) is 57.5 Å². The Kier molecular flexibility index (Phi) is 18.5. The van der Waals surface area contributed by atoms with Gasteiger partial charge in [-0.25, -0.2) is 30.2 Å². The number of aromatic nitrogens is 5. The smallest absolute Gasteiger partial charge is 0.481 e. The van der Waals surface area contributed by atoms with Crippen molar-refractivity contribution in [3.8, 4) is 16.9 Å². The molecule has 3 heterocycles. The minimum atomic E-state index is -5.45. The highest BCUT2D eigenvalue weighted by molar-refractivity contribution is 7.93. The maximum Gasteiger partial charge on any atom is 0.524 e. The summed E-state index contributed by atoms with van der Waals surface area (Å²) in [7, 11) is -14.3. The molecular weight excluding hydrogens is 1260 g/mol. The van der Waals surface area contributed by atoms with Crippen LogP contribution in [-0.4, -0.2) is 97.5 Å². The number of sulfone groups is 1. The van der Waals surface area contributed by atoms with Crippen molar-refractivity contribution < 1.29 is 99.1 Å². The van der Waals surface area contributed by atoms with Gasteiger partial charge in [0.15, 0.2) is 21.3 Å². The Balaban J connectivity index is 1.48. The minimum Gasteiger partial charge on any atom is -0.481 e. The third kappa shape index (κ3) is 14.8. The van der Waals surface area contributed by atoms with E-state index in [1.54, 1.807) is 0 Å². The number of benzene rings is 3. The van der Waals surface area contributed by atoms with Crippen LogP contribution in [0.25, 0.3) is 22.0 Å². The zero-order valence-electron chi connectivity index (χ0n) is 47.5. The van der Waals surface area contributed by atoms with Crippen LogP contribution in [0.1, 0.15) is 117 Å². The predicted octanol–water partition coefficient (Wildman–Crippen LogP) is 10.6. The van der Waals surface area contributed by atoms with Gasteiger partial charge in [0, 0.05) is 58.0 Å². The van der Waals surface area contributed by atoms with E-state index >= 15 is 17.6 Å². The molecule has 0 radical (unpaired) electrons. The third-order valence-electron chi connectivity index (χ3n) is 15.0. The number of halogens is 11. The molecule has 87 heavy (non-hydrogen) atoms. The lowest BCUT2D eigenvalue weighted by Crippen LogP contribution is -2.40. The van der Waals surface area contributed by atoms with E-state index in [4.69, 9.17) is 21.1 Å². The summed E-state index contributed by atoms with van der Waals surface area (Å²) in [4.78, 5) is 65.3. The number of anilines is 1. The van der Waals surface area contributed by atoms with Crippen molar-refractivity contribution in [2.24, 2.45) is 5.92 Å². The summed E-state index contributed by atoms with van der Waals surface area (Å²) in [6.45, 7) is 5.40. The van der Waals surface area contributed by atoms with Crippen molar-refractivity contribution in [2.75, 3.05) is 16.8 Å². The molecule has 3 aromatic carbocycles. The van der Waals surface area contributed by atoms with Gasteiger partial charge in [0.1, 0.15) is 36.2 Å². The number of phosphoric acid groups is 1. The highest BCUT2D eigenvalue weighted by Crippen LogP contribution is 2.56. The average molecular weight is 1320 g/mol. The first-order valence-corrected chi connectivity index (χ1v) is 31.7. The van der Waals surface area contributed by atoms with Crippen LogP contribution in [0.5, 0.6) is 5.75 Å². The fourth-order valence-electron chi connectivity index (χ4n) is 10.8. The number of alkyl halides is 8. The maximum atomic E-state index is 16.0. The lowest BCUT2D eigenvalue weighted by molar-refractivity contribution is -0.143. The zero-order chi connectivity index (χ0) is 65.4. The summed E-state index contributed by atoms with van der Waals surface area (Å²) in [6, 6.07) is 7.09. The molecule has 0 fully saturated rings. The van der Waals surface area contributed by atoms with Crippen molar-refractivity contribution in [1.82, 2.24) is 29.9 Å². The predicted molar refractivity (Wildman–Crippen MR) is 296 cm³/mol. The summed E-state index contributed by atoms with van der Waals surface area (Å²) in [5.41, 5.74) is -7.82. The molecular formula is C54H57ClF10N7O12PS2. The molecule has 33 heteroatoms. The fourth-order valence-corrected chi connectivity index (χ4v) is 12.7. The Bertz CT molecular complexity index is 4020. The first-order valence-electron chi connectivity index (χ1n) is 26.0. The van der Waals surface area contributed by atoms with Crippen LogP contribution in [0.4, 0.5) is 49.7 Å². The van der Waals surface area contributed by atoms with E-state index in [9.17, 15) is 77.0 Å². The molecule has 19 nitrogen and oxygen atoms in total. The van der Waals surface area contributed by atoms with E-state index < -0.39 is 191 Å². The van der Waals surface area contributed by atoms with Gasteiger partial charge in [-0.15, -0.1) is 0 Å². The van der Waals surface area contributed by atoms with E-state index in [0.29, 0.717) is 12.3 Å². The number of hydrogen-bond donors (Lipinski definition) is 4. The van der Waals surface area contributed by atoms with Gasteiger partial charge >= 0.3 is 26.1 Å². The van der Waals surface area contributed by atoms with Gasteiger partial charge in [0.25, 0.3) is 5.92 Å². The largest absolute Gasteiger partial charge is 0.524 e. The number of pyridine rings is 1. The van der Waals surface area contributed by atoms with Crippen molar-refractivity contribution in [1.29, 1.82) is 0 Å². The Morgan fingerprint density at radius 1 is 0.885 bits per heavy atom. The first-order chi connectivity index (χ1) is 39.6. The summed E-state index contributed by atoms with van der Waals surface area (Å²) in [6.07, 6.45) is -11.9. The number of phosphoric ester groups is 1. The van der Waals surface area contributed by atoms with Crippen LogP contribution < -0.4 is 14.1 Å². The lowest BCUT2D eigenvalue weighted by atomic mass is 9.78. The first kappa shape index (κ1) is 67.8. The number of aliphatic carboxylic acids is 1. The number of aryl methyl sites for hydroxylation is 2. The molecule has 0 bridgehead atoms. The Labute approximate surface area is 496 Å². The average Bonchev–Trinajstić information content (AvgIpc) is 1.60. The standard InChI is InChI=1S/C54H57ClF10N7O12PS2/c1-26-16-29(21-41(75)76)20-38(84-85(77,78)79)44(26)50(4,5)23-40(74)72(87(9,82)83)49-43-36(55)13-12-35(46(43)71(69-49)25-52(58,59)60)34-11-10-33(14-15-51(6,7)86(8,80)81)66-45(34)37(19-30-17-31(56)22-32(57)18-30)67-39(73)24-70-48-42(47(68-70)54(63,64)65)27(2)28(3)53(48,61)62/h10-13,16-18,20,22,27-28,37H,14-15,19,21,23-25H2,1-9H3,(H,67,73)(H,75,76)(H2,77,78,79)/t27-,28+,37-/m0/s1. The molecule has 0 spiro atoms. The fraction of sp³-hybridized carbons (Fsp3) is 0.444. The molecule has 0 saturated heterocycles. The molecule has 0 aliphatic heterocycles. The molecule has 2 amide bonds. The molecule has 1 aliphatic rings. The maximum absolute atomic E-state index is 16.0. The second kappa shape index (κ2) is 23.7. The van der Waals surface area contributed by atoms with E-state index in [-0.39, 0.29) is 60.0 Å². The van der Waals surface area contributed by atoms with Crippen LogP contribution in [-0.2, 0) is 88.7 Å². The molecule has 3 atom stereocenters. The molecule has 0 unspecified atom stereocenters. The Morgan fingerprint density at radius 3 is 2.05 bits per heavy atom. The molecule has 1 aliphatic carbocycles.